The number of amidine groups is 1. The van der Waals surface area contributed by atoms with Gasteiger partial charge in [-0.3, -0.25) is 4.99 Å². The third-order valence-corrected chi connectivity index (χ3v) is 5.01. The molecule has 1 N–H and O–H groups in total. The summed E-state index contributed by atoms with van der Waals surface area (Å²) in [6.45, 7) is 8.62. The summed E-state index contributed by atoms with van der Waals surface area (Å²) in [5.74, 6) is 0. The number of aliphatic imine (C=N–C) groups is 1. The number of hydrogen-bond acceptors (Lipinski definition) is 4. The van der Waals surface area contributed by atoms with Gasteiger partial charge in [0.25, 0.3) is 0 Å². The summed E-state index contributed by atoms with van der Waals surface area (Å²) in [6, 6.07) is 0.669. The van der Waals surface area contributed by atoms with Crippen LogP contribution < -0.4 is 5.32 Å². The Balaban J connectivity index is 1.73. The van der Waals surface area contributed by atoms with Crippen LogP contribution in [0.25, 0.3) is 0 Å². The average molecular weight is 281 g/mol. The Bertz CT molecular complexity index is 328. The summed E-state index contributed by atoms with van der Waals surface area (Å²) >= 11 is 1.84. The maximum absolute atomic E-state index is 4.62. The lowest BCUT2D eigenvalue weighted by molar-refractivity contribution is 0.337. The van der Waals surface area contributed by atoms with E-state index in [0.29, 0.717) is 6.04 Å². The molecule has 0 aromatic heterocycles. The number of likely N-dealkylation sites (N-methyl/N-ethyl adjacent to an activating group) is 1. The third kappa shape index (κ3) is 4.84. The minimum absolute atomic E-state index is 0.669. The van der Waals surface area contributed by atoms with Gasteiger partial charge >= 0.3 is 0 Å². The highest BCUT2D eigenvalue weighted by Gasteiger charge is 2.18. The van der Waals surface area contributed by atoms with Crippen LogP contribution in [0.2, 0.25) is 0 Å². The van der Waals surface area contributed by atoms with Crippen molar-refractivity contribution >= 4 is 16.9 Å². The van der Waals surface area contributed by atoms with Gasteiger partial charge in [0.05, 0.1) is 6.54 Å². The fourth-order valence-electron chi connectivity index (χ4n) is 2.65. The van der Waals surface area contributed by atoms with Crippen molar-refractivity contribution in [2.75, 3.05) is 26.2 Å². The fourth-order valence-corrected chi connectivity index (χ4v) is 3.54. The van der Waals surface area contributed by atoms with Gasteiger partial charge in [-0.25, -0.2) is 0 Å². The Morgan fingerprint density at radius 2 is 2.00 bits per heavy atom. The topological polar surface area (TPSA) is 27.6 Å². The van der Waals surface area contributed by atoms with Gasteiger partial charge in [0, 0.05) is 17.5 Å². The van der Waals surface area contributed by atoms with Gasteiger partial charge in [0.2, 0.25) is 0 Å². The van der Waals surface area contributed by atoms with Gasteiger partial charge in [-0.2, -0.15) is 0 Å². The van der Waals surface area contributed by atoms with E-state index < -0.39 is 0 Å². The minimum atomic E-state index is 0.669. The van der Waals surface area contributed by atoms with Crippen LogP contribution in [0.5, 0.6) is 0 Å². The highest BCUT2D eigenvalue weighted by molar-refractivity contribution is 8.17. The van der Waals surface area contributed by atoms with Crippen molar-refractivity contribution in [3.8, 4) is 0 Å². The smallest absolute Gasteiger partial charge is 0.161 e. The van der Waals surface area contributed by atoms with Crippen molar-refractivity contribution in [3.63, 3.8) is 0 Å². The predicted octanol–water partition coefficient (Wildman–Crippen LogP) is 3.24. The molecule has 3 nitrogen and oxygen atoms in total. The fraction of sp³-hybridized carbons (Fsp3) is 0.800. The van der Waals surface area contributed by atoms with E-state index in [1.807, 2.05) is 11.8 Å². The molecule has 2 rings (SSSR count). The Labute approximate surface area is 121 Å². The molecular weight excluding hydrogens is 254 g/mol. The standard InChI is InChI=1S/C15H27N3S/c1-3-18(4-2)11-10-14-12-16-15(19-14)17-13-8-6-5-7-9-13/h10,13H,3-9,11-12H2,1-2H3,(H,16,17)/b14-10+. The molecule has 0 aromatic carbocycles. The molecule has 0 unspecified atom stereocenters. The zero-order chi connectivity index (χ0) is 13.5. The summed E-state index contributed by atoms with van der Waals surface area (Å²) < 4.78 is 0. The molecular formula is C15H27N3S. The number of nitrogens with zero attached hydrogens (tertiary/aromatic N) is 2. The molecule has 108 valence electrons. The van der Waals surface area contributed by atoms with Crippen molar-refractivity contribution < 1.29 is 0 Å². The maximum Gasteiger partial charge on any atom is 0.161 e. The molecule has 0 bridgehead atoms. The molecule has 0 radical (unpaired) electrons. The molecule has 1 aliphatic carbocycles. The largest absolute Gasteiger partial charge is 0.362 e. The van der Waals surface area contributed by atoms with Crippen LogP contribution in [0, 0.1) is 0 Å². The second-order valence-corrected chi connectivity index (χ2v) is 6.47. The van der Waals surface area contributed by atoms with Crippen molar-refractivity contribution in [1.82, 2.24) is 10.2 Å². The average Bonchev–Trinajstić information content (AvgIpc) is 2.89. The summed E-state index contributed by atoms with van der Waals surface area (Å²) in [5, 5.41) is 4.77. The van der Waals surface area contributed by atoms with E-state index >= 15 is 0 Å². The zero-order valence-electron chi connectivity index (χ0n) is 12.3. The van der Waals surface area contributed by atoms with Crippen LogP contribution >= 0.6 is 11.8 Å². The van der Waals surface area contributed by atoms with Gasteiger partial charge < -0.3 is 10.2 Å². The van der Waals surface area contributed by atoms with Gasteiger partial charge in [0.1, 0.15) is 0 Å². The summed E-state index contributed by atoms with van der Waals surface area (Å²) in [5.41, 5.74) is 0. The van der Waals surface area contributed by atoms with E-state index in [4.69, 9.17) is 0 Å². The molecule has 1 saturated carbocycles. The van der Waals surface area contributed by atoms with E-state index in [0.717, 1.165) is 31.3 Å². The van der Waals surface area contributed by atoms with Crippen LogP contribution in [0.4, 0.5) is 0 Å². The van der Waals surface area contributed by atoms with E-state index in [1.165, 1.54) is 37.0 Å². The highest BCUT2D eigenvalue weighted by atomic mass is 32.2. The predicted molar refractivity (Wildman–Crippen MR) is 85.8 cm³/mol. The minimum Gasteiger partial charge on any atom is -0.362 e. The summed E-state index contributed by atoms with van der Waals surface area (Å²) in [6.07, 6.45) is 9.14. The number of rotatable bonds is 5. The molecule has 2 aliphatic rings. The first-order chi connectivity index (χ1) is 9.31. The Kier molecular flexibility index (Phi) is 6.24. The van der Waals surface area contributed by atoms with Crippen LogP contribution in [-0.4, -0.2) is 42.3 Å². The first-order valence-corrected chi connectivity index (χ1v) is 8.53. The summed E-state index contributed by atoms with van der Waals surface area (Å²) in [7, 11) is 0. The molecule has 1 fully saturated rings. The second-order valence-electron chi connectivity index (χ2n) is 5.36. The number of nitrogens with one attached hydrogen (secondary N) is 1. The molecule has 0 spiro atoms. The Morgan fingerprint density at radius 3 is 2.68 bits per heavy atom. The Morgan fingerprint density at radius 1 is 1.26 bits per heavy atom. The molecule has 0 saturated heterocycles. The zero-order valence-corrected chi connectivity index (χ0v) is 13.1. The third-order valence-electron chi connectivity index (χ3n) is 4.01. The van der Waals surface area contributed by atoms with E-state index in [2.05, 4.69) is 35.1 Å². The number of hydrogen-bond donors (Lipinski definition) is 1. The van der Waals surface area contributed by atoms with Crippen molar-refractivity contribution in [1.29, 1.82) is 0 Å². The molecule has 1 aliphatic heterocycles. The van der Waals surface area contributed by atoms with Gasteiger partial charge in [-0.1, -0.05) is 50.9 Å². The van der Waals surface area contributed by atoms with Crippen LogP contribution in [-0.2, 0) is 0 Å². The van der Waals surface area contributed by atoms with E-state index in [1.54, 1.807) is 0 Å². The first-order valence-electron chi connectivity index (χ1n) is 7.72. The normalized spacial score (nSPS) is 23.1. The Hall–Kier alpha value is -0.480. The van der Waals surface area contributed by atoms with E-state index in [9.17, 15) is 0 Å². The quantitative estimate of drug-likeness (QED) is 0.838. The highest BCUT2D eigenvalue weighted by Crippen LogP contribution is 2.25. The SMILES string of the molecule is CCN(CC)C/C=C1\CN=C(NC2CCCCC2)S1. The van der Waals surface area contributed by atoms with Crippen molar-refractivity contribution in [2.24, 2.45) is 4.99 Å². The summed E-state index contributed by atoms with van der Waals surface area (Å²) in [4.78, 5) is 8.46. The maximum atomic E-state index is 4.62. The molecule has 19 heavy (non-hydrogen) atoms. The van der Waals surface area contributed by atoms with E-state index in [-0.39, 0.29) is 0 Å². The van der Waals surface area contributed by atoms with Crippen molar-refractivity contribution in [2.45, 2.75) is 52.0 Å². The second kappa shape index (κ2) is 7.95. The monoisotopic (exact) mass is 281 g/mol. The van der Waals surface area contributed by atoms with Crippen molar-refractivity contribution in [3.05, 3.63) is 11.0 Å². The van der Waals surface area contributed by atoms with Crippen LogP contribution in [0.1, 0.15) is 46.0 Å². The van der Waals surface area contributed by atoms with Crippen LogP contribution in [0.3, 0.4) is 0 Å². The molecule has 0 atom stereocenters. The molecule has 0 amide bonds. The molecule has 4 heteroatoms. The van der Waals surface area contributed by atoms with Gasteiger partial charge in [-0.05, 0) is 25.9 Å². The lowest BCUT2D eigenvalue weighted by atomic mass is 9.96. The lowest BCUT2D eigenvalue weighted by Gasteiger charge is -2.23. The first kappa shape index (κ1) is 14.9. The lowest BCUT2D eigenvalue weighted by Crippen LogP contribution is -2.33. The van der Waals surface area contributed by atoms with Gasteiger partial charge in [0.15, 0.2) is 5.17 Å². The van der Waals surface area contributed by atoms with Gasteiger partial charge in [-0.15, -0.1) is 0 Å². The number of thioether (sulfide) groups is 1. The molecule has 0 aromatic rings. The van der Waals surface area contributed by atoms with Crippen LogP contribution in [0.15, 0.2) is 16.0 Å². The molecule has 1 heterocycles.